The number of hydrogen-bond donors (Lipinski definition) is 2. The molecule has 1 saturated heterocycles. The number of carbonyl (C=O) groups excluding carboxylic acids is 1. The summed E-state index contributed by atoms with van der Waals surface area (Å²) in [5.41, 5.74) is 9.13. The van der Waals surface area contributed by atoms with Crippen LogP contribution in [0.5, 0.6) is 0 Å². The molecule has 3 aliphatic rings. The van der Waals surface area contributed by atoms with Crippen molar-refractivity contribution in [2.24, 2.45) is 11.3 Å². The zero-order chi connectivity index (χ0) is 29.4. The van der Waals surface area contributed by atoms with Crippen LogP contribution < -0.4 is 10.9 Å². The Morgan fingerprint density at radius 3 is 2.55 bits per heavy atom. The maximum Gasteiger partial charge on any atom is 0.247 e. The number of Topliss-reactive ketones (excluding diaryl/α,β-unsaturated/α-hetero) is 1. The number of ketones is 1. The predicted molar refractivity (Wildman–Crippen MR) is 170 cm³/mol. The molecule has 0 spiro atoms. The van der Waals surface area contributed by atoms with Crippen molar-refractivity contribution in [1.82, 2.24) is 20.2 Å². The number of aromatic nitrogens is 2. The second kappa shape index (κ2) is 11.7. The van der Waals surface area contributed by atoms with Gasteiger partial charge in [-0.15, -0.1) is 0 Å². The van der Waals surface area contributed by atoms with Gasteiger partial charge in [-0.3, -0.25) is 14.6 Å². The van der Waals surface area contributed by atoms with Crippen molar-refractivity contribution in [3.8, 4) is 11.1 Å². The van der Waals surface area contributed by atoms with Gasteiger partial charge in [0.15, 0.2) is 5.78 Å². The molecule has 2 aromatic heterocycles. The lowest BCUT2D eigenvalue weighted by Crippen LogP contribution is -2.56. The van der Waals surface area contributed by atoms with E-state index < -0.39 is 0 Å². The molecule has 1 aromatic carbocycles. The van der Waals surface area contributed by atoms with E-state index in [9.17, 15) is 9.59 Å². The van der Waals surface area contributed by atoms with Crippen LogP contribution in [0, 0.1) is 11.3 Å². The first-order chi connectivity index (χ1) is 20.1. The van der Waals surface area contributed by atoms with Crippen LogP contribution in [0.2, 0.25) is 0 Å². The number of nitrogens with one attached hydrogen (secondary N) is 2. The Balaban J connectivity index is 1.17. The minimum absolute atomic E-state index is 0.105. The number of H-pyrrole nitrogens is 1. The molecule has 6 nitrogen and oxygen atoms in total. The summed E-state index contributed by atoms with van der Waals surface area (Å²) in [6.07, 6.45) is 9.22. The Bertz CT molecular complexity index is 1520. The average Bonchev–Trinajstić information content (AvgIpc) is 3.37. The van der Waals surface area contributed by atoms with E-state index in [1.165, 1.54) is 23.2 Å². The van der Waals surface area contributed by atoms with Gasteiger partial charge in [0.1, 0.15) is 0 Å². The fraction of sp³-hybridized carbons (Fsp3) is 0.472. The number of nitrogens with zero attached hydrogens (tertiary/aromatic N) is 2. The lowest BCUT2D eigenvalue weighted by Gasteiger charge is -2.37. The average molecular weight is 565 g/mol. The van der Waals surface area contributed by atoms with E-state index in [-0.39, 0.29) is 17.3 Å². The summed E-state index contributed by atoms with van der Waals surface area (Å²) in [5, 5.41) is 3.68. The highest BCUT2D eigenvalue weighted by Gasteiger charge is 2.31. The highest BCUT2D eigenvalue weighted by molar-refractivity contribution is 6.02. The van der Waals surface area contributed by atoms with Crippen molar-refractivity contribution >= 4 is 11.9 Å². The maximum absolute atomic E-state index is 13.8. The summed E-state index contributed by atoms with van der Waals surface area (Å²) < 4.78 is 0. The van der Waals surface area contributed by atoms with Crippen LogP contribution in [0.15, 0.2) is 59.0 Å². The van der Waals surface area contributed by atoms with E-state index in [4.69, 9.17) is 4.98 Å². The number of aryl methyl sites for hydroxylation is 1. The SMILES string of the molecule is CN1CC(NCC[C@@H](CC(=O)C2=Cc3cc4c(nc3C2)CC[C@H](C(C)(C)C)C4)c2ccc(-c3ccc(=O)[nH]c3)cc2)C1. The summed E-state index contributed by atoms with van der Waals surface area (Å²) in [4.78, 5) is 35.4. The molecule has 0 bridgehead atoms. The van der Waals surface area contributed by atoms with E-state index in [0.717, 1.165) is 66.9 Å². The van der Waals surface area contributed by atoms with E-state index in [1.807, 2.05) is 6.07 Å². The summed E-state index contributed by atoms with van der Waals surface area (Å²) >= 11 is 0. The Labute approximate surface area is 249 Å². The van der Waals surface area contributed by atoms with Gasteiger partial charge < -0.3 is 15.2 Å². The zero-order valence-corrected chi connectivity index (χ0v) is 25.5. The molecule has 2 aliphatic carbocycles. The van der Waals surface area contributed by atoms with Gasteiger partial charge in [0.2, 0.25) is 5.56 Å². The first-order valence-corrected chi connectivity index (χ1v) is 15.6. The molecule has 3 heterocycles. The summed E-state index contributed by atoms with van der Waals surface area (Å²) in [5.74, 6) is 1.03. The molecule has 2 N–H and O–H groups in total. The highest BCUT2D eigenvalue weighted by atomic mass is 16.1. The lowest BCUT2D eigenvalue weighted by molar-refractivity contribution is -0.116. The molecule has 0 amide bonds. The van der Waals surface area contributed by atoms with Gasteiger partial charge in [-0.25, -0.2) is 0 Å². The van der Waals surface area contributed by atoms with Crippen molar-refractivity contribution in [3.63, 3.8) is 0 Å². The van der Waals surface area contributed by atoms with Crippen LogP contribution in [0.1, 0.15) is 74.0 Å². The van der Waals surface area contributed by atoms with Gasteiger partial charge in [-0.05, 0) is 103 Å². The molecule has 0 saturated carbocycles. The lowest BCUT2D eigenvalue weighted by atomic mass is 9.71. The smallest absolute Gasteiger partial charge is 0.247 e. The van der Waals surface area contributed by atoms with Crippen molar-refractivity contribution in [2.75, 3.05) is 26.7 Å². The standard InChI is InChI=1S/C36H44N4O2/c1-36(2,3)30-10-11-32-28(17-30)15-27-16-29(18-33(27)39-32)34(41)19-25(13-14-37-31-21-40(4)22-31)23-5-7-24(8-6-23)26-9-12-35(42)38-20-26/h5-9,12,15-16,20,25,30-31,37H,10-11,13-14,17-19,21-22H2,1-4H3,(H,38,42)/t25-,30-/m0/s1. The second-order valence-electron chi connectivity index (χ2n) is 13.8. The predicted octanol–water partition coefficient (Wildman–Crippen LogP) is 5.56. The minimum atomic E-state index is -0.105. The van der Waals surface area contributed by atoms with Gasteiger partial charge in [0, 0.05) is 55.5 Å². The Morgan fingerprint density at radius 2 is 1.86 bits per heavy atom. The van der Waals surface area contributed by atoms with Crippen molar-refractivity contribution in [2.45, 2.75) is 71.3 Å². The molecule has 42 heavy (non-hydrogen) atoms. The number of pyridine rings is 2. The highest BCUT2D eigenvalue weighted by Crippen LogP contribution is 2.39. The molecule has 6 rings (SSSR count). The minimum Gasteiger partial charge on any atom is -0.328 e. The van der Waals surface area contributed by atoms with Crippen LogP contribution in [0.25, 0.3) is 17.2 Å². The number of carbonyl (C=O) groups is 1. The molecule has 1 aliphatic heterocycles. The third-order valence-electron chi connectivity index (χ3n) is 9.69. The number of likely N-dealkylation sites (N-methyl/N-ethyl adjacent to an activating group) is 1. The van der Waals surface area contributed by atoms with Crippen LogP contribution in [0.3, 0.4) is 0 Å². The molecule has 0 unspecified atom stereocenters. The Morgan fingerprint density at radius 1 is 1.10 bits per heavy atom. The number of likely N-dealkylation sites (tertiary alicyclic amines) is 1. The normalized spacial score (nSPS) is 19.5. The van der Waals surface area contributed by atoms with E-state index >= 15 is 0 Å². The Kier molecular flexibility index (Phi) is 8.03. The van der Waals surface area contributed by atoms with Crippen LogP contribution in [-0.4, -0.2) is 53.4 Å². The molecule has 3 aromatic rings. The summed E-state index contributed by atoms with van der Waals surface area (Å²) in [7, 11) is 2.14. The van der Waals surface area contributed by atoms with E-state index in [1.54, 1.807) is 12.3 Å². The van der Waals surface area contributed by atoms with Crippen molar-refractivity contribution < 1.29 is 4.79 Å². The molecule has 0 radical (unpaired) electrons. The van der Waals surface area contributed by atoms with Gasteiger partial charge in [-0.1, -0.05) is 45.0 Å². The number of hydrogen-bond acceptors (Lipinski definition) is 5. The van der Waals surface area contributed by atoms with Crippen molar-refractivity contribution in [3.05, 3.63) is 92.7 Å². The second-order valence-corrected chi connectivity index (χ2v) is 13.8. The Hall–Kier alpha value is -3.35. The molecule has 6 heteroatoms. The van der Waals surface area contributed by atoms with Gasteiger partial charge in [0.25, 0.3) is 0 Å². The first-order valence-electron chi connectivity index (χ1n) is 15.6. The molecule has 1 fully saturated rings. The van der Waals surface area contributed by atoms with E-state index in [2.05, 4.69) is 79.4 Å². The topological polar surface area (TPSA) is 78.1 Å². The quantitative estimate of drug-likeness (QED) is 0.356. The fourth-order valence-corrected chi connectivity index (χ4v) is 6.90. The fourth-order valence-electron chi connectivity index (χ4n) is 6.90. The first kappa shape index (κ1) is 28.8. The summed E-state index contributed by atoms with van der Waals surface area (Å²) in [6, 6.07) is 14.7. The van der Waals surface area contributed by atoms with Gasteiger partial charge in [-0.2, -0.15) is 0 Å². The monoisotopic (exact) mass is 564 g/mol. The largest absolute Gasteiger partial charge is 0.328 e. The van der Waals surface area contributed by atoms with Crippen molar-refractivity contribution in [1.29, 1.82) is 0 Å². The van der Waals surface area contributed by atoms with Crippen LogP contribution in [0.4, 0.5) is 0 Å². The number of allylic oxidation sites excluding steroid dienone is 1. The third kappa shape index (κ3) is 6.35. The molecular weight excluding hydrogens is 520 g/mol. The van der Waals surface area contributed by atoms with Crippen LogP contribution >= 0.6 is 0 Å². The van der Waals surface area contributed by atoms with Gasteiger partial charge in [0.05, 0.1) is 5.69 Å². The third-order valence-corrected chi connectivity index (χ3v) is 9.69. The number of benzene rings is 1. The van der Waals surface area contributed by atoms with E-state index in [0.29, 0.717) is 30.2 Å². The summed E-state index contributed by atoms with van der Waals surface area (Å²) in [6.45, 7) is 10.1. The number of rotatable bonds is 9. The van der Waals surface area contributed by atoms with Crippen LogP contribution in [-0.2, 0) is 24.1 Å². The zero-order valence-electron chi connectivity index (χ0n) is 25.5. The molecular formula is C36H44N4O2. The van der Waals surface area contributed by atoms with Gasteiger partial charge >= 0.3 is 0 Å². The number of fused-ring (bicyclic) bond motifs is 2. The molecule has 220 valence electrons. The maximum atomic E-state index is 13.8. The molecule has 2 atom stereocenters. The number of aromatic amines is 1.